The monoisotopic (exact) mass is 259 g/mol. The number of carbonyl (C=O) groups is 1. The summed E-state index contributed by atoms with van der Waals surface area (Å²) in [5.41, 5.74) is 1.60. The summed E-state index contributed by atoms with van der Waals surface area (Å²) < 4.78 is 2.03. The second-order valence-electron chi connectivity index (χ2n) is 5.75. The van der Waals surface area contributed by atoms with E-state index in [9.17, 15) is 4.79 Å². The molecule has 0 spiro atoms. The average molecular weight is 259 g/mol. The van der Waals surface area contributed by atoms with Crippen LogP contribution in [0.5, 0.6) is 0 Å². The van der Waals surface area contributed by atoms with Gasteiger partial charge in [-0.25, -0.2) is 4.98 Å². The number of rotatable bonds is 3. The fourth-order valence-corrected chi connectivity index (χ4v) is 2.10. The van der Waals surface area contributed by atoms with Crippen molar-refractivity contribution in [2.45, 2.75) is 34.2 Å². The van der Waals surface area contributed by atoms with E-state index in [1.807, 2.05) is 67.6 Å². The van der Waals surface area contributed by atoms with Gasteiger partial charge in [-0.15, -0.1) is 0 Å². The van der Waals surface area contributed by atoms with Crippen molar-refractivity contribution >= 4 is 11.6 Å². The quantitative estimate of drug-likeness (QED) is 0.850. The van der Waals surface area contributed by atoms with Gasteiger partial charge in [0.15, 0.2) is 0 Å². The number of aromatic nitrogens is 2. The molecule has 19 heavy (non-hydrogen) atoms. The molecule has 4 heteroatoms. The predicted octanol–water partition coefficient (Wildman–Crippen LogP) is 2.73. The van der Waals surface area contributed by atoms with Crippen molar-refractivity contribution in [3.05, 3.63) is 36.3 Å². The summed E-state index contributed by atoms with van der Waals surface area (Å²) in [6.45, 7) is 9.16. The number of fused-ring (bicyclic) bond motifs is 1. The van der Waals surface area contributed by atoms with Crippen LogP contribution in [0, 0.1) is 5.41 Å². The number of hydrogen-bond donors (Lipinski definition) is 0. The van der Waals surface area contributed by atoms with Gasteiger partial charge in [-0.05, 0) is 19.1 Å². The van der Waals surface area contributed by atoms with Gasteiger partial charge in [-0.1, -0.05) is 26.8 Å². The van der Waals surface area contributed by atoms with Crippen molar-refractivity contribution in [1.29, 1.82) is 0 Å². The Morgan fingerprint density at radius 3 is 2.74 bits per heavy atom. The van der Waals surface area contributed by atoms with E-state index in [1.54, 1.807) is 0 Å². The molecule has 1 amide bonds. The Labute approximate surface area is 114 Å². The third kappa shape index (κ3) is 2.78. The van der Waals surface area contributed by atoms with Crippen molar-refractivity contribution in [1.82, 2.24) is 14.3 Å². The van der Waals surface area contributed by atoms with Crippen molar-refractivity contribution in [3.8, 4) is 0 Å². The third-order valence-corrected chi connectivity index (χ3v) is 3.16. The minimum Gasteiger partial charge on any atom is -0.337 e. The maximum atomic E-state index is 12.4. The Hall–Kier alpha value is -1.84. The molecule has 0 aromatic carbocycles. The van der Waals surface area contributed by atoms with Gasteiger partial charge in [-0.2, -0.15) is 0 Å². The molecule has 0 bridgehead atoms. The molecule has 102 valence electrons. The SMILES string of the molecule is CCN(Cc1cnc2ccccn12)C(=O)C(C)(C)C. The Bertz CT molecular complexity index is 580. The van der Waals surface area contributed by atoms with Crippen LogP contribution >= 0.6 is 0 Å². The number of pyridine rings is 1. The molecule has 0 fully saturated rings. The maximum absolute atomic E-state index is 12.4. The van der Waals surface area contributed by atoms with E-state index < -0.39 is 0 Å². The molecule has 4 nitrogen and oxygen atoms in total. The molecule has 0 aliphatic carbocycles. The summed E-state index contributed by atoms with van der Waals surface area (Å²) in [6, 6.07) is 5.90. The Morgan fingerprint density at radius 1 is 1.37 bits per heavy atom. The average Bonchev–Trinajstić information content (AvgIpc) is 2.77. The molecule has 0 aliphatic heterocycles. The van der Waals surface area contributed by atoms with Gasteiger partial charge in [0.25, 0.3) is 0 Å². The minimum absolute atomic E-state index is 0.167. The zero-order valence-corrected chi connectivity index (χ0v) is 12.1. The molecule has 0 saturated heterocycles. The summed E-state index contributed by atoms with van der Waals surface area (Å²) in [5, 5.41) is 0. The van der Waals surface area contributed by atoms with Crippen LogP contribution in [0.1, 0.15) is 33.4 Å². The molecule has 0 N–H and O–H groups in total. The molecule has 2 rings (SSSR count). The van der Waals surface area contributed by atoms with E-state index >= 15 is 0 Å². The van der Waals surface area contributed by atoms with Gasteiger partial charge in [0.2, 0.25) is 5.91 Å². The van der Waals surface area contributed by atoms with Gasteiger partial charge >= 0.3 is 0 Å². The van der Waals surface area contributed by atoms with Crippen LogP contribution in [0.2, 0.25) is 0 Å². The first-order valence-electron chi connectivity index (χ1n) is 6.64. The zero-order chi connectivity index (χ0) is 14.0. The molecule has 2 aromatic rings. The largest absolute Gasteiger partial charge is 0.337 e. The molecular weight excluding hydrogens is 238 g/mol. The van der Waals surface area contributed by atoms with E-state index in [1.165, 1.54) is 0 Å². The van der Waals surface area contributed by atoms with Crippen LogP contribution in [0.3, 0.4) is 0 Å². The van der Waals surface area contributed by atoms with Gasteiger partial charge in [0, 0.05) is 18.2 Å². The molecule has 2 heterocycles. The van der Waals surface area contributed by atoms with Crippen LogP contribution < -0.4 is 0 Å². The Balaban J connectivity index is 2.26. The number of hydrogen-bond acceptors (Lipinski definition) is 2. The lowest BCUT2D eigenvalue weighted by molar-refractivity contribution is -0.139. The van der Waals surface area contributed by atoms with Crippen LogP contribution in [0.25, 0.3) is 5.65 Å². The molecule has 0 saturated carbocycles. The smallest absolute Gasteiger partial charge is 0.228 e. The van der Waals surface area contributed by atoms with Crippen LogP contribution in [0.4, 0.5) is 0 Å². The lowest BCUT2D eigenvalue weighted by Gasteiger charge is -2.28. The topological polar surface area (TPSA) is 37.6 Å². The lowest BCUT2D eigenvalue weighted by Crippen LogP contribution is -2.39. The van der Waals surface area contributed by atoms with Crippen LogP contribution in [-0.4, -0.2) is 26.7 Å². The first-order valence-corrected chi connectivity index (χ1v) is 6.64. The molecule has 0 radical (unpaired) electrons. The number of imidazole rings is 1. The molecule has 0 atom stereocenters. The standard InChI is InChI=1S/C15H21N3O/c1-5-17(14(19)15(2,3)4)11-12-10-16-13-8-6-7-9-18(12)13/h6-10H,5,11H2,1-4H3. The number of nitrogens with zero attached hydrogens (tertiary/aromatic N) is 3. The normalized spacial score (nSPS) is 11.8. The summed E-state index contributed by atoms with van der Waals surface area (Å²) in [6.07, 6.45) is 3.82. The van der Waals surface area contributed by atoms with E-state index in [4.69, 9.17) is 0 Å². The number of carbonyl (C=O) groups excluding carboxylic acids is 1. The predicted molar refractivity (Wildman–Crippen MR) is 75.7 cm³/mol. The molecule has 0 unspecified atom stereocenters. The summed E-state index contributed by atoms with van der Waals surface area (Å²) >= 11 is 0. The van der Waals surface area contributed by atoms with Crippen molar-refractivity contribution in [3.63, 3.8) is 0 Å². The zero-order valence-electron chi connectivity index (χ0n) is 12.1. The van der Waals surface area contributed by atoms with Gasteiger partial charge < -0.3 is 9.30 Å². The van der Waals surface area contributed by atoms with Crippen molar-refractivity contribution in [2.75, 3.05) is 6.54 Å². The summed E-state index contributed by atoms with van der Waals surface area (Å²) in [7, 11) is 0. The second kappa shape index (κ2) is 5.03. The van der Waals surface area contributed by atoms with Crippen molar-refractivity contribution < 1.29 is 4.79 Å². The Morgan fingerprint density at radius 2 is 2.11 bits per heavy atom. The summed E-state index contributed by atoms with van der Waals surface area (Å²) in [5.74, 6) is 0.167. The van der Waals surface area contributed by atoms with E-state index in [-0.39, 0.29) is 11.3 Å². The summed E-state index contributed by atoms with van der Waals surface area (Å²) in [4.78, 5) is 18.6. The number of amides is 1. The highest BCUT2D eigenvalue weighted by atomic mass is 16.2. The van der Waals surface area contributed by atoms with Crippen LogP contribution in [0.15, 0.2) is 30.6 Å². The fraction of sp³-hybridized carbons (Fsp3) is 0.467. The van der Waals surface area contributed by atoms with E-state index in [2.05, 4.69) is 4.98 Å². The van der Waals surface area contributed by atoms with E-state index in [0.717, 1.165) is 11.3 Å². The maximum Gasteiger partial charge on any atom is 0.228 e. The Kier molecular flexibility index (Phi) is 3.60. The van der Waals surface area contributed by atoms with Gasteiger partial charge in [0.05, 0.1) is 18.4 Å². The highest BCUT2D eigenvalue weighted by molar-refractivity contribution is 5.81. The van der Waals surface area contributed by atoms with Gasteiger partial charge in [-0.3, -0.25) is 4.79 Å². The molecule has 2 aromatic heterocycles. The second-order valence-corrected chi connectivity index (χ2v) is 5.75. The first kappa shape index (κ1) is 13.6. The minimum atomic E-state index is -0.351. The van der Waals surface area contributed by atoms with Gasteiger partial charge in [0.1, 0.15) is 5.65 Å². The van der Waals surface area contributed by atoms with Crippen molar-refractivity contribution in [2.24, 2.45) is 5.41 Å². The third-order valence-electron chi connectivity index (χ3n) is 3.16. The van der Waals surface area contributed by atoms with E-state index in [0.29, 0.717) is 13.1 Å². The molecular formula is C15H21N3O. The first-order chi connectivity index (χ1) is 8.93. The lowest BCUT2D eigenvalue weighted by atomic mass is 9.94. The fourth-order valence-electron chi connectivity index (χ4n) is 2.10. The molecule has 0 aliphatic rings. The van der Waals surface area contributed by atoms with Crippen LogP contribution in [-0.2, 0) is 11.3 Å². The highest BCUT2D eigenvalue weighted by Crippen LogP contribution is 2.19. The highest BCUT2D eigenvalue weighted by Gasteiger charge is 2.26.